The molecule has 0 radical (unpaired) electrons. The van der Waals surface area contributed by atoms with E-state index in [0.29, 0.717) is 4.88 Å². The Morgan fingerprint density at radius 3 is 2.79 bits per heavy atom. The van der Waals surface area contributed by atoms with Crippen molar-refractivity contribution in [3.8, 4) is 11.1 Å². The quantitative estimate of drug-likeness (QED) is 0.628. The van der Waals surface area contributed by atoms with Crippen LogP contribution in [0.25, 0.3) is 11.1 Å². The molecule has 0 aliphatic rings. The van der Waals surface area contributed by atoms with Crippen LogP contribution in [-0.2, 0) is 0 Å². The van der Waals surface area contributed by atoms with Crippen molar-refractivity contribution in [2.75, 3.05) is 16.3 Å². The first kappa shape index (κ1) is 16.5. The Bertz CT molecular complexity index is 861. The second-order valence-corrected chi connectivity index (χ2v) is 6.70. The van der Waals surface area contributed by atoms with Gasteiger partial charge in [0.2, 0.25) is 0 Å². The summed E-state index contributed by atoms with van der Waals surface area (Å²) in [6.45, 7) is 1.97. The molecule has 4 nitrogen and oxygen atoms in total. The van der Waals surface area contributed by atoms with E-state index in [1.165, 1.54) is 23.3 Å². The predicted octanol–water partition coefficient (Wildman–Crippen LogP) is 5.06. The minimum atomic E-state index is -0.103. The highest BCUT2D eigenvalue weighted by atomic mass is 32.2. The van der Waals surface area contributed by atoms with Crippen LogP contribution in [0.1, 0.15) is 15.4 Å². The molecule has 24 heavy (non-hydrogen) atoms. The molecule has 0 saturated heterocycles. The first-order valence-corrected chi connectivity index (χ1v) is 9.49. The van der Waals surface area contributed by atoms with Crippen LogP contribution in [0.3, 0.4) is 0 Å². The van der Waals surface area contributed by atoms with Crippen molar-refractivity contribution >= 4 is 40.6 Å². The molecule has 3 aromatic rings. The van der Waals surface area contributed by atoms with Gasteiger partial charge in [0, 0.05) is 35.1 Å². The fourth-order valence-corrected chi connectivity index (χ4v) is 3.52. The number of amides is 1. The Morgan fingerprint density at radius 2 is 2.00 bits per heavy atom. The van der Waals surface area contributed by atoms with Crippen LogP contribution in [0.4, 0.5) is 11.4 Å². The third-order valence-corrected chi connectivity index (χ3v) is 4.85. The van der Waals surface area contributed by atoms with Crippen LogP contribution in [0.2, 0.25) is 0 Å². The Balaban J connectivity index is 1.77. The SMILES string of the molecule is CSNc1cccc(NC(=O)c2cc(-c3cccnc3C)cs2)c1. The number of anilines is 2. The Labute approximate surface area is 149 Å². The number of pyridine rings is 1. The van der Waals surface area contributed by atoms with Crippen LogP contribution in [0.5, 0.6) is 0 Å². The summed E-state index contributed by atoms with van der Waals surface area (Å²) in [6.07, 6.45) is 3.73. The van der Waals surface area contributed by atoms with Crippen LogP contribution < -0.4 is 10.0 Å². The fourth-order valence-electron chi connectivity index (χ4n) is 2.36. The number of benzene rings is 1. The van der Waals surface area contributed by atoms with Crippen molar-refractivity contribution in [1.29, 1.82) is 0 Å². The van der Waals surface area contributed by atoms with Gasteiger partial charge in [0.1, 0.15) is 0 Å². The van der Waals surface area contributed by atoms with Crippen LogP contribution >= 0.6 is 23.3 Å². The molecule has 2 aromatic heterocycles. The van der Waals surface area contributed by atoms with E-state index in [4.69, 9.17) is 0 Å². The third-order valence-electron chi connectivity index (χ3n) is 3.48. The molecule has 2 heterocycles. The third kappa shape index (κ3) is 3.77. The summed E-state index contributed by atoms with van der Waals surface area (Å²) in [5.74, 6) is -0.103. The number of nitrogens with one attached hydrogen (secondary N) is 2. The number of aryl methyl sites for hydroxylation is 1. The highest BCUT2D eigenvalue weighted by Gasteiger charge is 2.12. The number of thiophene rings is 1. The lowest BCUT2D eigenvalue weighted by Gasteiger charge is -2.07. The van der Waals surface area contributed by atoms with E-state index in [2.05, 4.69) is 15.0 Å². The summed E-state index contributed by atoms with van der Waals surface area (Å²) in [6, 6.07) is 13.5. The van der Waals surface area contributed by atoms with Crippen molar-refractivity contribution in [3.05, 3.63) is 64.6 Å². The fraction of sp³-hybridized carbons (Fsp3) is 0.111. The Morgan fingerprint density at radius 1 is 1.17 bits per heavy atom. The number of nitrogens with zero attached hydrogens (tertiary/aromatic N) is 1. The van der Waals surface area contributed by atoms with Gasteiger partial charge in [-0.2, -0.15) is 0 Å². The molecule has 2 N–H and O–H groups in total. The van der Waals surface area contributed by atoms with E-state index in [1.54, 1.807) is 6.20 Å². The van der Waals surface area contributed by atoms with Gasteiger partial charge >= 0.3 is 0 Å². The molecule has 3 rings (SSSR count). The van der Waals surface area contributed by atoms with Crippen molar-refractivity contribution in [3.63, 3.8) is 0 Å². The zero-order chi connectivity index (χ0) is 16.9. The molecule has 0 atom stereocenters. The lowest BCUT2D eigenvalue weighted by atomic mass is 10.1. The summed E-state index contributed by atoms with van der Waals surface area (Å²) in [7, 11) is 0. The van der Waals surface area contributed by atoms with Crippen molar-refractivity contribution in [2.45, 2.75) is 6.92 Å². The average Bonchev–Trinajstić information content (AvgIpc) is 3.06. The van der Waals surface area contributed by atoms with Crippen molar-refractivity contribution in [1.82, 2.24) is 4.98 Å². The number of carbonyl (C=O) groups is 1. The largest absolute Gasteiger partial charge is 0.330 e. The molecule has 0 saturated carbocycles. The number of hydrogen-bond donors (Lipinski definition) is 2. The molecule has 1 amide bonds. The summed E-state index contributed by atoms with van der Waals surface area (Å²) in [5.41, 5.74) is 4.76. The molecular weight excluding hydrogens is 338 g/mol. The van der Waals surface area contributed by atoms with Gasteiger partial charge < -0.3 is 10.0 Å². The molecule has 0 unspecified atom stereocenters. The van der Waals surface area contributed by atoms with Gasteiger partial charge in [0.15, 0.2) is 0 Å². The zero-order valence-electron chi connectivity index (χ0n) is 13.4. The molecule has 0 aliphatic heterocycles. The van der Waals surface area contributed by atoms with Gasteiger partial charge in [-0.25, -0.2) is 0 Å². The lowest BCUT2D eigenvalue weighted by Crippen LogP contribution is -2.10. The Kier molecular flexibility index (Phi) is 5.17. The molecule has 0 aliphatic carbocycles. The van der Waals surface area contributed by atoms with Crippen molar-refractivity contribution < 1.29 is 4.79 Å². The standard InChI is InChI=1S/C18H17N3OS2/c1-12-16(7-4-8-19-12)13-9-17(24-11-13)18(22)20-14-5-3-6-15(10-14)21-23-2/h3-11,21H,1-2H3,(H,20,22). The van der Waals surface area contributed by atoms with Gasteiger partial charge in [0.05, 0.1) is 4.88 Å². The highest BCUT2D eigenvalue weighted by Crippen LogP contribution is 2.28. The van der Waals surface area contributed by atoms with Gasteiger partial charge in [-0.05, 0) is 48.2 Å². The maximum Gasteiger partial charge on any atom is 0.265 e. The molecule has 0 bridgehead atoms. The zero-order valence-corrected chi connectivity index (χ0v) is 15.0. The first-order valence-electron chi connectivity index (χ1n) is 7.38. The number of hydrogen-bond acceptors (Lipinski definition) is 5. The Hall–Kier alpha value is -2.31. The maximum atomic E-state index is 12.5. The smallest absolute Gasteiger partial charge is 0.265 e. The van der Waals surface area contributed by atoms with Gasteiger partial charge in [-0.1, -0.05) is 24.1 Å². The van der Waals surface area contributed by atoms with Gasteiger partial charge in [-0.15, -0.1) is 11.3 Å². The summed E-state index contributed by atoms with van der Waals surface area (Å²) < 4.78 is 3.15. The second-order valence-electron chi connectivity index (χ2n) is 5.18. The predicted molar refractivity (Wildman–Crippen MR) is 104 cm³/mol. The van der Waals surface area contributed by atoms with E-state index < -0.39 is 0 Å². The summed E-state index contributed by atoms with van der Waals surface area (Å²) >= 11 is 2.95. The molecule has 0 fully saturated rings. The first-order chi connectivity index (χ1) is 11.7. The molecule has 1 aromatic carbocycles. The van der Waals surface area contributed by atoms with Crippen LogP contribution in [0.15, 0.2) is 54.0 Å². The second kappa shape index (κ2) is 7.51. The molecule has 0 spiro atoms. The summed E-state index contributed by atoms with van der Waals surface area (Å²) in [4.78, 5) is 17.4. The topological polar surface area (TPSA) is 54.0 Å². The van der Waals surface area contributed by atoms with Crippen molar-refractivity contribution in [2.24, 2.45) is 0 Å². The van der Waals surface area contributed by atoms with E-state index in [-0.39, 0.29) is 5.91 Å². The minimum Gasteiger partial charge on any atom is -0.330 e. The molecule has 6 heteroatoms. The monoisotopic (exact) mass is 355 g/mol. The average molecular weight is 355 g/mol. The van der Waals surface area contributed by atoms with E-state index in [1.807, 2.05) is 61.0 Å². The summed E-state index contributed by atoms with van der Waals surface area (Å²) in [5, 5.41) is 4.93. The molecule has 122 valence electrons. The van der Waals surface area contributed by atoms with E-state index >= 15 is 0 Å². The van der Waals surface area contributed by atoms with Gasteiger partial charge in [-0.3, -0.25) is 9.78 Å². The normalized spacial score (nSPS) is 10.4. The van der Waals surface area contributed by atoms with E-state index in [9.17, 15) is 4.79 Å². The van der Waals surface area contributed by atoms with Crippen LogP contribution in [0, 0.1) is 6.92 Å². The molecular formula is C18H17N3OS2. The highest BCUT2D eigenvalue weighted by molar-refractivity contribution is 7.99. The number of rotatable bonds is 5. The number of carbonyl (C=O) groups excluding carboxylic acids is 1. The van der Waals surface area contributed by atoms with E-state index in [0.717, 1.165) is 28.2 Å². The minimum absolute atomic E-state index is 0.103. The maximum absolute atomic E-state index is 12.5. The van der Waals surface area contributed by atoms with Crippen LogP contribution in [-0.4, -0.2) is 17.1 Å². The number of aromatic nitrogens is 1. The lowest BCUT2D eigenvalue weighted by molar-refractivity contribution is 0.103. The van der Waals surface area contributed by atoms with Gasteiger partial charge in [0.25, 0.3) is 5.91 Å².